The molecule has 23 heavy (non-hydrogen) atoms. The second-order valence-corrected chi connectivity index (χ2v) is 5.51. The molecule has 122 valence electrons. The first kappa shape index (κ1) is 15.3. The second kappa shape index (κ2) is 6.29. The van der Waals surface area contributed by atoms with Gasteiger partial charge in [0, 0.05) is 18.8 Å². The van der Waals surface area contributed by atoms with Gasteiger partial charge in [0.05, 0.1) is 16.7 Å². The molecule has 3 heterocycles. The van der Waals surface area contributed by atoms with Crippen LogP contribution in [0.5, 0.6) is 0 Å². The summed E-state index contributed by atoms with van der Waals surface area (Å²) in [5.41, 5.74) is 1.36. The van der Waals surface area contributed by atoms with Gasteiger partial charge in [0.25, 0.3) is 0 Å². The lowest BCUT2D eigenvalue weighted by Gasteiger charge is -2.12. The van der Waals surface area contributed by atoms with Gasteiger partial charge in [-0.3, -0.25) is 10.1 Å². The van der Waals surface area contributed by atoms with Crippen molar-refractivity contribution < 1.29 is 9.66 Å². The number of anilines is 1. The van der Waals surface area contributed by atoms with Crippen molar-refractivity contribution in [3.63, 3.8) is 0 Å². The van der Waals surface area contributed by atoms with Crippen LogP contribution in [0, 0.1) is 24.0 Å². The monoisotopic (exact) mass is 318 g/mol. The highest BCUT2D eigenvalue weighted by atomic mass is 16.6. The summed E-state index contributed by atoms with van der Waals surface area (Å²) in [6.45, 7) is 4.86. The van der Waals surface area contributed by atoms with Crippen molar-refractivity contribution >= 4 is 11.5 Å². The third-order valence-corrected chi connectivity index (χ3v) is 3.72. The molecule has 0 spiro atoms. The Hall–Kier alpha value is -2.55. The van der Waals surface area contributed by atoms with Gasteiger partial charge in [-0.2, -0.15) is 5.10 Å². The van der Waals surface area contributed by atoms with Crippen LogP contribution in [0.2, 0.25) is 0 Å². The number of rotatable bonds is 5. The number of ether oxygens (including phenoxy) is 1. The van der Waals surface area contributed by atoms with Crippen LogP contribution in [0.4, 0.5) is 11.5 Å². The summed E-state index contributed by atoms with van der Waals surface area (Å²) in [7, 11) is 0. The molecule has 0 bridgehead atoms. The minimum Gasteiger partial charge on any atom is -0.376 e. The van der Waals surface area contributed by atoms with Gasteiger partial charge in [0.2, 0.25) is 11.6 Å². The second-order valence-electron chi connectivity index (χ2n) is 5.51. The maximum atomic E-state index is 11.5. The van der Waals surface area contributed by atoms with Gasteiger partial charge >= 0.3 is 5.69 Å². The molecule has 9 nitrogen and oxygen atoms in total. The van der Waals surface area contributed by atoms with Crippen LogP contribution < -0.4 is 5.32 Å². The highest BCUT2D eigenvalue weighted by Gasteiger charge is 2.26. The maximum absolute atomic E-state index is 11.5. The highest BCUT2D eigenvalue weighted by molar-refractivity contribution is 5.64. The van der Waals surface area contributed by atoms with E-state index in [9.17, 15) is 10.1 Å². The molecular weight excluding hydrogens is 300 g/mol. The van der Waals surface area contributed by atoms with Crippen molar-refractivity contribution in [1.29, 1.82) is 0 Å². The zero-order valence-electron chi connectivity index (χ0n) is 13.0. The van der Waals surface area contributed by atoms with E-state index >= 15 is 0 Å². The topological polar surface area (TPSA) is 108 Å². The first-order valence-corrected chi connectivity index (χ1v) is 7.44. The summed E-state index contributed by atoms with van der Waals surface area (Å²) in [4.78, 5) is 19.1. The average Bonchev–Trinajstić information content (AvgIpc) is 3.13. The predicted octanol–water partition coefficient (Wildman–Crippen LogP) is 1.78. The van der Waals surface area contributed by atoms with Crippen LogP contribution in [0.3, 0.4) is 0 Å². The van der Waals surface area contributed by atoms with Gasteiger partial charge in [-0.1, -0.05) is 0 Å². The molecule has 0 amide bonds. The summed E-state index contributed by atoms with van der Waals surface area (Å²) >= 11 is 0. The van der Waals surface area contributed by atoms with E-state index in [0.29, 0.717) is 6.54 Å². The van der Waals surface area contributed by atoms with E-state index in [2.05, 4.69) is 20.4 Å². The number of hydrogen-bond donors (Lipinski definition) is 1. The number of nitrogens with one attached hydrogen (secondary N) is 1. The Balaban J connectivity index is 1.95. The molecular formula is C14H18N6O3. The standard InChI is InChI=1S/C14H18N6O3/c1-9-6-10(2)19(18-9)14-12(20(21)22)13(16-8-17-14)15-7-11-4-3-5-23-11/h6,8,11H,3-5,7H2,1-2H3,(H,15,16,17). The summed E-state index contributed by atoms with van der Waals surface area (Å²) in [5, 5.41) is 18.8. The third-order valence-electron chi connectivity index (χ3n) is 3.72. The Morgan fingerprint density at radius 2 is 2.30 bits per heavy atom. The van der Waals surface area contributed by atoms with Crippen molar-refractivity contribution in [2.45, 2.75) is 32.8 Å². The number of hydrogen-bond acceptors (Lipinski definition) is 7. The third kappa shape index (κ3) is 3.14. The van der Waals surface area contributed by atoms with E-state index in [-0.39, 0.29) is 23.4 Å². The van der Waals surface area contributed by atoms with E-state index in [1.165, 1.54) is 11.0 Å². The zero-order chi connectivity index (χ0) is 16.4. The summed E-state index contributed by atoms with van der Waals surface area (Å²) in [6.07, 6.45) is 3.31. The van der Waals surface area contributed by atoms with Gasteiger partial charge in [0.1, 0.15) is 6.33 Å². The molecule has 1 fully saturated rings. The molecule has 1 N–H and O–H groups in total. The first-order chi connectivity index (χ1) is 11.1. The molecule has 0 aromatic carbocycles. The lowest BCUT2D eigenvalue weighted by molar-refractivity contribution is -0.384. The van der Waals surface area contributed by atoms with Crippen molar-refractivity contribution in [2.24, 2.45) is 0 Å². The Morgan fingerprint density at radius 3 is 2.91 bits per heavy atom. The van der Waals surface area contributed by atoms with Crippen LogP contribution in [-0.2, 0) is 4.74 Å². The van der Waals surface area contributed by atoms with Gasteiger partial charge in [0.15, 0.2) is 0 Å². The quantitative estimate of drug-likeness (QED) is 0.661. The normalized spacial score (nSPS) is 17.4. The minimum absolute atomic E-state index is 0.0571. The molecule has 3 rings (SSSR count). The zero-order valence-corrected chi connectivity index (χ0v) is 13.0. The lowest BCUT2D eigenvalue weighted by Crippen LogP contribution is -2.20. The fraction of sp³-hybridized carbons (Fsp3) is 0.500. The van der Waals surface area contributed by atoms with E-state index in [4.69, 9.17) is 4.74 Å². The number of nitrogens with zero attached hydrogens (tertiary/aromatic N) is 5. The molecule has 9 heteroatoms. The van der Waals surface area contributed by atoms with Crippen molar-refractivity contribution in [2.75, 3.05) is 18.5 Å². The molecule has 2 aromatic rings. The number of aryl methyl sites for hydroxylation is 2. The van der Waals surface area contributed by atoms with Crippen molar-refractivity contribution in [3.8, 4) is 5.82 Å². The lowest BCUT2D eigenvalue weighted by atomic mass is 10.2. The Morgan fingerprint density at radius 1 is 1.48 bits per heavy atom. The van der Waals surface area contributed by atoms with E-state index in [1.54, 1.807) is 0 Å². The minimum atomic E-state index is -0.483. The van der Waals surface area contributed by atoms with Crippen LogP contribution in [-0.4, -0.2) is 43.9 Å². The van der Waals surface area contributed by atoms with E-state index in [0.717, 1.165) is 30.8 Å². The molecule has 2 aromatic heterocycles. The van der Waals surface area contributed by atoms with Gasteiger partial charge in [-0.05, 0) is 32.8 Å². The van der Waals surface area contributed by atoms with Crippen molar-refractivity contribution in [3.05, 3.63) is 33.9 Å². The van der Waals surface area contributed by atoms with E-state index in [1.807, 2.05) is 19.9 Å². The summed E-state index contributed by atoms with van der Waals surface area (Å²) < 4.78 is 6.98. The molecule has 1 saturated heterocycles. The van der Waals surface area contributed by atoms with Crippen LogP contribution >= 0.6 is 0 Å². The number of aromatic nitrogens is 4. The fourth-order valence-electron chi connectivity index (χ4n) is 2.68. The van der Waals surface area contributed by atoms with Crippen LogP contribution in [0.15, 0.2) is 12.4 Å². The Bertz CT molecular complexity index is 723. The van der Waals surface area contributed by atoms with Crippen LogP contribution in [0.25, 0.3) is 5.82 Å². The van der Waals surface area contributed by atoms with Crippen LogP contribution in [0.1, 0.15) is 24.2 Å². The van der Waals surface area contributed by atoms with Gasteiger partial charge in [-0.15, -0.1) is 0 Å². The maximum Gasteiger partial charge on any atom is 0.355 e. The number of nitro groups is 1. The van der Waals surface area contributed by atoms with Gasteiger partial charge in [-0.25, -0.2) is 14.6 Å². The summed E-state index contributed by atoms with van der Waals surface area (Å²) in [5.74, 6) is 0.341. The summed E-state index contributed by atoms with van der Waals surface area (Å²) in [6, 6.07) is 1.84. The highest BCUT2D eigenvalue weighted by Crippen LogP contribution is 2.28. The average molecular weight is 318 g/mol. The largest absolute Gasteiger partial charge is 0.376 e. The predicted molar refractivity (Wildman–Crippen MR) is 82.7 cm³/mol. The van der Waals surface area contributed by atoms with Gasteiger partial charge < -0.3 is 10.1 Å². The molecule has 1 aliphatic rings. The van der Waals surface area contributed by atoms with Crippen molar-refractivity contribution in [1.82, 2.24) is 19.7 Å². The van der Waals surface area contributed by atoms with E-state index < -0.39 is 4.92 Å². The molecule has 1 aliphatic heterocycles. The molecule has 0 radical (unpaired) electrons. The smallest absolute Gasteiger partial charge is 0.355 e. The Labute approximate surface area is 132 Å². The SMILES string of the molecule is Cc1cc(C)n(-c2ncnc(NCC3CCCO3)c2[N+](=O)[O-])n1. The first-order valence-electron chi connectivity index (χ1n) is 7.44. The molecule has 1 atom stereocenters. The molecule has 0 aliphatic carbocycles. The fourth-order valence-corrected chi connectivity index (χ4v) is 2.68. The Kier molecular flexibility index (Phi) is 4.20. The molecule has 0 saturated carbocycles. The molecule has 1 unspecified atom stereocenters.